The monoisotopic (exact) mass is 712 g/mol. The van der Waals surface area contributed by atoms with Crippen LogP contribution >= 0.6 is 15.9 Å². The first-order chi connectivity index (χ1) is 23.4. The molecule has 5 heterocycles. The summed E-state index contributed by atoms with van der Waals surface area (Å²) in [4.78, 5) is 23.3. The highest BCUT2D eigenvalue weighted by Crippen LogP contribution is 2.34. The summed E-state index contributed by atoms with van der Waals surface area (Å²) in [6.45, 7) is 3.93. The summed E-state index contributed by atoms with van der Waals surface area (Å²) in [5, 5.41) is 13.1. The summed E-state index contributed by atoms with van der Waals surface area (Å²) >= 11 is 2.87. The number of nitrogens with zero attached hydrogens (tertiary/aromatic N) is 9. The number of nitrogen functional groups attached to an aromatic ring is 1. The minimum atomic E-state index is -0.897. The number of nitrogens with two attached hydrogens (primary N) is 1. The van der Waals surface area contributed by atoms with Crippen LogP contribution in [0.5, 0.6) is 0 Å². The summed E-state index contributed by atoms with van der Waals surface area (Å²) in [6.07, 6.45) is 3.23. The van der Waals surface area contributed by atoms with Gasteiger partial charge in [0.05, 0.1) is 57.4 Å². The van der Waals surface area contributed by atoms with Crippen LogP contribution in [0.1, 0.15) is 33.7 Å². The SMILES string of the molecule is Nc1c(-c2cn(Cc3nn4c(c3C(=O)N3CCN(c5nc6ccccc6n5Cc5ccccc5)CC3)CCC4)nn2)cc(F)c(Br)c1F. The number of halogens is 3. The number of hydrogen-bond donors (Lipinski definition) is 1. The number of amides is 1. The van der Waals surface area contributed by atoms with E-state index in [1.54, 1.807) is 6.20 Å². The number of anilines is 2. The van der Waals surface area contributed by atoms with Gasteiger partial charge in [0.15, 0.2) is 5.82 Å². The van der Waals surface area contributed by atoms with Gasteiger partial charge in [0.25, 0.3) is 5.91 Å². The lowest BCUT2D eigenvalue weighted by atomic mass is 10.1. The van der Waals surface area contributed by atoms with E-state index in [1.807, 2.05) is 46.0 Å². The summed E-state index contributed by atoms with van der Waals surface area (Å²) < 4.78 is 34.1. The fourth-order valence-corrected chi connectivity index (χ4v) is 7.04. The second kappa shape index (κ2) is 12.2. The number of benzene rings is 3. The quantitative estimate of drug-likeness (QED) is 0.181. The van der Waals surface area contributed by atoms with Crippen molar-refractivity contribution in [3.8, 4) is 11.3 Å². The van der Waals surface area contributed by atoms with Crippen LogP contribution in [0, 0.1) is 11.6 Å². The Labute approximate surface area is 282 Å². The van der Waals surface area contributed by atoms with Crippen LogP contribution < -0.4 is 10.6 Å². The third-order valence-electron chi connectivity index (χ3n) is 9.12. The van der Waals surface area contributed by atoms with Crippen molar-refractivity contribution in [3.05, 3.63) is 105 Å². The topological polar surface area (TPSA) is 116 Å². The maximum absolute atomic E-state index is 14.5. The van der Waals surface area contributed by atoms with E-state index < -0.39 is 11.6 Å². The minimum Gasteiger partial charge on any atom is -0.396 e. The first-order valence-electron chi connectivity index (χ1n) is 15.8. The van der Waals surface area contributed by atoms with Crippen molar-refractivity contribution in [2.45, 2.75) is 32.5 Å². The Bertz CT molecular complexity index is 2170. The molecule has 3 aromatic heterocycles. The van der Waals surface area contributed by atoms with Crippen LogP contribution in [0.2, 0.25) is 0 Å². The van der Waals surface area contributed by atoms with Gasteiger partial charge in [0.1, 0.15) is 11.5 Å². The van der Waals surface area contributed by atoms with Crippen LogP contribution in [0.4, 0.5) is 20.4 Å². The minimum absolute atomic E-state index is 0.0628. The van der Waals surface area contributed by atoms with Crippen molar-refractivity contribution in [2.75, 3.05) is 36.8 Å². The Hall–Kier alpha value is -5.11. The highest BCUT2D eigenvalue weighted by atomic mass is 79.9. The molecule has 1 saturated heterocycles. The van der Waals surface area contributed by atoms with Gasteiger partial charge in [-0.05, 0) is 52.5 Å². The number of carbonyl (C=O) groups excluding carboxylic acids is 1. The Morgan fingerprint density at radius 2 is 1.73 bits per heavy atom. The molecule has 2 N–H and O–H groups in total. The van der Waals surface area contributed by atoms with E-state index in [0.29, 0.717) is 44.0 Å². The lowest BCUT2D eigenvalue weighted by Crippen LogP contribution is -2.49. The maximum atomic E-state index is 14.5. The molecule has 0 unspecified atom stereocenters. The molecule has 1 fully saturated rings. The van der Waals surface area contributed by atoms with Gasteiger partial charge in [0, 0.05) is 38.3 Å². The fourth-order valence-electron chi connectivity index (χ4n) is 6.71. The van der Waals surface area contributed by atoms with Crippen molar-refractivity contribution in [1.29, 1.82) is 0 Å². The lowest BCUT2D eigenvalue weighted by Gasteiger charge is -2.35. The lowest BCUT2D eigenvalue weighted by molar-refractivity contribution is 0.0743. The van der Waals surface area contributed by atoms with Gasteiger partial charge in [-0.2, -0.15) is 5.10 Å². The predicted molar refractivity (Wildman–Crippen MR) is 181 cm³/mol. The van der Waals surface area contributed by atoms with Gasteiger partial charge in [0.2, 0.25) is 5.95 Å². The maximum Gasteiger partial charge on any atom is 0.257 e. The van der Waals surface area contributed by atoms with Crippen LogP contribution in [0.3, 0.4) is 0 Å². The Balaban J connectivity index is 1.03. The smallest absolute Gasteiger partial charge is 0.257 e. The standard InChI is InChI=1S/C34H31BrF2N10O/c35-30-23(36)17-22(32(38)31(30)37)25-19-45(42-40-25)20-26-29(28-11-6-12-47(28)41-26)33(48)43-13-15-44(16-14-43)34-39-24-9-4-5-10-27(24)46(34)18-21-7-2-1-3-8-21/h1-5,7-10,17,19H,6,11-16,18,20,38H2. The zero-order valence-corrected chi connectivity index (χ0v) is 27.4. The molecular weight excluding hydrogens is 682 g/mol. The highest BCUT2D eigenvalue weighted by molar-refractivity contribution is 9.10. The summed E-state index contributed by atoms with van der Waals surface area (Å²) in [7, 11) is 0. The van der Waals surface area contributed by atoms with Crippen LogP contribution in [-0.4, -0.2) is 71.3 Å². The molecule has 244 valence electrons. The van der Waals surface area contributed by atoms with E-state index in [2.05, 4.69) is 53.9 Å². The summed E-state index contributed by atoms with van der Waals surface area (Å²) in [5.74, 6) is -0.857. The molecule has 0 spiro atoms. The molecule has 48 heavy (non-hydrogen) atoms. The van der Waals surface area contributed by atoms with Crippen LogP contribution in [0.25, 0.3) is 22.3 Å². The van der Waals surface area contributed by atoms with Crippen molar-refractivity contribution < 1.29 is 13.6 Å². The van der Waals surface area contributed by atoms with Crippen molar-refractivity contribution >= 4 is 44.5 Å². The molecule has 8 rings (SSSR count). The number of aryl methyl sites for hydroxylation is 1. The molecule has 0 atom stereocenters. The number of carbonyl (C=O) groups is 1. The van der Waals surface area contributed by atoms with Gasteiger partial charge < -0.3 is 20.1 Å². The number of imidazole rings is 1. The Morgan fingerprint density at radius 1 is 0.958 bits per heavy atom. The second-order valence-corrected chi connectivity index (χ2v) is 12.9. The molecule has 2 aliphatic rings. The third kappa shape index (κ3) is 5.29. The summed E-state index contributed by atoms with van der Waals surface area (Å²) in [6, 6.07) is 19.6. The van der Waals surface area contributed by atoms with Crippen LogP contribution in [-0.2, 0) is 26.1 Å². The van der Waals surface area contributed by atoms with E-state index in [9.17, 15) is 13.6 Å². The first kappa shape index (κ1) is 30.2. The molecule has 3 aromatic carbocycles. The van der Waals surface area contributed by atoms with Crippen molar-refractivity contribution in [3.63, 3.8) is 0 Å². The molecule has 2 aliphatic heterocycles. The molecule has 11 nitrogen and oxygen atoms in total. The molecule has 1 amide bonds. The van der Waals surface area contributed by atoms with E-state index in [0.717, 1.165) is 48.1 Å². The molecule has 14 heteroatoms. The van der Waals surface area contributed by atoms with E-state index in [4.69, 9.17) is 15.8 Å². The zero-order chi connectivity index (χ0) is 32.9. The number of para-hydroxylation sites is 2. The third-order valence-corrected chi connectivity index (χ3v) is 9.85. The number of fused-ring (bicyclic) bond motifs is 2. The normalized spacial score (nSPS) is 14.6. The molecule has 0 bridgehead atoms. The highest BCUT2D eigenvalue weighted by Gasteiger charge is 2.32. The number of rotatable bonds is 7. The Kier molecular flexibility index (Phi) is 7.66. The molecular formula is C34H31BrF2N10O. The average molecular weight is 714 g/mol. The molecule has 6 aromatic rings. The molecule has 0 radical (unpaired) electrons. The van der Waals surface area contributed by atoms with Gasteiger partial charge in [-0.3, -0.25) is 9.48 Å². The molecule has 0 aliphatic carbocycles. The van der Waals surface area contributed by atoms with Gasteiger partial charge in [-0.1, -0.05) is 47.7 Å². The van der Waals surface area contributed by atoms with Crippen molar-refractivity contribution in [1.82, 2.24) is 39.2 Å². The number of aromatic nitrogens is 7. The predicted octanol–water partition coefficient (Wildman–Crippen LogP) is 5.12. The first-order valence-corrected chi connectivity index (χ1v) is 16.6. The Morgan fingerprint density at radius 3 is 2.54 bits per heavy atom. The molecule has 0 saturated carbocycles. The van der Waals surface area contributed by atoms with Crippen LogP contribution in [0.15, 0.2) is 71.3 Å². The van der Waals surface area contributed by atoms with Gasteiger partial charge >= 0.3 is 0 Å². The largest absolute Gasteiger partial charge is 0.396 e. The van der Waals surface area contributed by atoms with E-state index in [1.165, 1.54) is 10.2 Å². The average Bonchev–Trinajstić information content (AvgIpc) is 3.90. The summed E-state index contributed by atoms with van der Waals surface area (Å²) in [5.41, 5.74) is 11.3. The van der Waals surface area contributed by atoms with Gasteiger partial charge in [-0.15, -0.1) is 5.10 Å². The van der Waals surface area contributed by atoms with E-state index >= 15 is 0 Å². The number of piperazine rings is 1. The van der Waals surface area contributed by atoms with Gasteiger partial charge in [-0.25, -0.2) is 18.4 Å². The number of hydrogen-bond acceptors (Lipinski definition) is 7. The second-order valence-electron chi connectivity index (χ2n) is 12.1. The zero-order valence-electron chi connectivity index (χ0n) is 25.9. The fraction of sp³-hybridized carbons (Fsp3) is 0.265. The van der Waals surface area contributed by atoms with E-state index in [-0.39, 0.29) is 33.9 Å². The van der Waals surface area contributed by atoms with Crippen molar-refractivity contribution in [2.24, 2.45) is 0 Å².